The quantitative estimate of drug-likeness (QED) is 0.650. The van der Waals surface area contributed by atoms with Gasteiger partial charge in [0.15, 0.2) is 0 Å². The third-order valence-electron chi connectivity index (χ3n) is 3.24. The Hall–Kier alpha value is -2.12. The Morgan fingerprint density at radius 2 is 1.90 bits per heavy atom. The second kappa shape index (κ2) is 6.11. The molecule has 1 aromatic rings. The minimum Gasteiger partial charge on any atom is -0.397 e. The number of benzene rings is 1. The van der Waals surface area contributed by atoms with Gasteiger partial charge in [0.25, 0.3) is 0 Å². The average molecular weight is 303 g/mol. The van der Waals surface area contributed by atoms with E-state index in [4.69, 9.17) is 10.6 Å². The highest BCUT2D eigenvalue weighted by Gasteiger charge is 2.30. The summed E-state index contributed by atoms with van der Waals surface area (Å²) in [6.07, 6.45) is -2.12. The number of rotatable bonds is 2. The summed E-state index contributed by atoms with van der Waals surface area (Å²) in [7, 11) is 0. The number of anilines is 2. The van der Waals surface area contributed by atoms with Crippen LogP contribution >= 0.6 is 0 Å². The molecule has 1 heterocycles. The normalized spacial score (nSPS) is 15.7. The molecule has 0 unspecified atom stereocenters. The lowest BCUT2D eigenvalue weighted by atomic mass is 10.1. The van der Waals surface area contributed by atoms with Crippen molar-refractivity contribution in [2.24, 2.45) is 0 Å². The van der Waals surface area contributed by atoms with E-state index < -0.39 is 17.8 Å². The van der Waals surface area contributed by atoms with E-state index in [1.807, 2.05) is 0 Å². The van der Waals surface area contributed by atoms with E-state index in [1.54, 1.807) is 0 Å². The minimum atomic E-state index is -4.46. The van der Waals surface area contributed by atoms with Gasteiger partial charge >= 0.3 is 12.3 Å². The number of nitrogens with one attached hydrogen (secondary N) is 1. The van der Waals surface area contributed by atoms with Crippen LogP contribution in [0.4, 0.5) is 29.3 Å². The predicted octanol–water partition coefficient (Wildman–Crippen LogP) is 3.24. The van der Waals surface area contributed by atoms with E-state index in [1.165, 1.54) is 4.90 Å². The fraction of sp³-hybridized carbons (Fsp3) is 0.462. The van der Waals surface area contributed by atoms with Crippen LogP contribution in [-0.2, 0) is 11.0 Å². The molecule has 116 valence electrons. The Balaban J connectivity index is 1.95. The first-order chi connectivity index (χ1) is 9.88. The SMILES string of the molecule is Nc1cc(C(F)(F)F)ccc1NOC(=O)N1CCCCC1. The number of likely N-dealkylation sites (tertiary alicyclic amines) is 1. The number of nitrogens with zero attached hydrogens (tertiary/aromatic N) is 1. The van der Waals surface area contributed by atoms with Gasteiger partial charge in [-0.05, 0) is 37.5 Å². The molecule has 8 heteroatoms. The minimum absolute atomic E-state index is 0.119. The van der Waals surface area contributed by atoms with Crippen molar-refractivity contribution in [3.8, 4) is 0 Å². The first-order valence-corrected chi connectivity index (χ1v) is 6.56. The summed E-state index contributed by atoms with van der Waals surface area (Å²) in [5.74, 6) is 0. The summed E-state index contributed by atoms with van der Waals surface area (Å²) in [6, 6.07) is 2.78. The third-order valence-corrected chi connectivity index (χ3v) is 3.24. The zero-order valence-corrected chi connectivity index (χ0v) is 11.2. The van der Waals surface area contributed by atoms with Gasteiger partial charge in [-0.2, -0.15) is 13.2 Å². The predicted molar refractivity (Wildman–Crippen MR) is 71.4 cm³/mol. The summed E-state index contributed by atoms with van der Waals surface area (Å²) in [4.78, 5) is 18.1. The fourth-order valence-electron chi connectivity index (χ4n) is 2.07. The second-order valence-electron chi connectivity index (χ2n) is 4.82. The van der Waals surface area contributed by atoms with Gasteiger partial charge in [0.1, 0.15) is 0 Å². The lowest BCUT2D eigenvalue weighted by Crippen LogP contribution is -2.37. The van der Waals surface area contributed by atoms with E-state index in [9.17, 15) is 18.0 Å². The molecule has 0 aromatic heterocycles. The van der Waals surface area contributed by atoms with Gasteiger partial charge in [-0.3, -0.25) is 0 Å². The molecular weight excluding hydrogens is 287 g/mol. The molecule has 0 saturated carbocycles. The number of hydrogen-bond acceptors (Lipinski definition) is 4. The smallest absolute Gasteiger partial charge is 0.397 e. The maximum Gasteiger partial charge on any atom is 0.434 e. The molecule has 0 radical (unpaired) electrons. The lowest BCUT2D eigenvalue weighted by Gasteiger charge is -2.25. The Kier molecular flexibility index (Phi) is 4.44. The monoisotopic (exact) mass is 303 g/mol. The molecule has 0 spiro atoms. The summed E-state index contributed by atoms with van der Waals surface area (Å²) in [5, 5.41) is 0. The Morgan fingerprint density at radius 1 is 1.24 bits per heavy atom. The molecular formula is C13H16F3N3O2. The van der Waals surface area contributed by atoms with Crippen LogP contribution in [0, 0.1) is 0 Å². The molecule has 1 saturated heterocycles. The number of piperidine rings is 1. The lowest BCUT2D eigenvalue weighted by molar-refractivity contribution is -0.137. The summed E-state index contributed by atoms with van der Waals surface area (Å²) in [6.45, 7) is 1.23. The summed E-state index contributed by atoms with van der Waals surface area (Å²) in [5.41, 5.74) is 6.94. The molecule has 5 nitrogen and oxygen atoms in total. The van der Waals surface area contributed by atoms with Gasteiger partial charge in [-0.1, -0.05) is 0 Å². The molecule has 1 amide bonds. The number of carbonyl (C=O) groups excluding carboxylic acids is 1. The molecule has 0 bridgehead atoms. The van der Waals surface area contributed by atoms with Gasteiger partial charge in [-0.25, -0.2) is 10.3 Å². The van der Waals surface area contributed by atoms with Crippen LogP contribution in [0.1, 0.15) is 24.8 Å². The van der Waals surface area contributed by atoms with Gasteiger partial charge in [-0.15, -0.1) is 0 Å². The van der Waals surface area contributed by atoms with E-state index in [2.05, 4.69) is 5.48 Å². The zero-order chi connectivity index (χ0) is 15.5. The number of nitrogen functional groups attached to an aromatic ring is 1. The first-order valence-electron chi connectivity index (χ1n) is 6.56. The van der Waals surface area contributed by atoms with Crippen molar-refractivity contribution >= 4 is 17.5 Å². The van der Waals surface area contributed by atoms with Crippen LogP contribution in [0.2, 0.25) is 0 Å². The van der Waals surface area contributed by atoms with Crippen LogP contribution in [0.25, 0.3) is 0 Å². The number of alkyl halides is 3. The molecule has 1 aliphatic rings. The van der Waals surface area contributed by atoms with Crippen molar-refractivity contribution in [1.29, 1.82) is 0 Å². The van der Waals surface area contributed by atoms with E-state index in [-0.39, 0.29) is 11.4 Å². The largest absolute Gasteiger partial charge is 0.434 e. The molecule has 1 aromatic carbocycles. The second-order valence-corrected chi connectivity index (χ2v) is 4.82. The summed E-state index contributed by atoms with van der Waals surface area (Å²) < 4.78 is 37.5. The topological polar surface area (TPSA) is 67.6 Å². The number of hydrogen-bond donors (Lipinski definition) is 2. The molecule has 3 N–H and O–H groups in total. The van der Waals surface area contributed by atoms with Crippen molar-refractivity contribution in [2.45, 2.75) is 25.4 Å². The van der Waals surface area contributed by atoms with Crippen LogP contribution in [-0.4, -0.2) is 24.1 Å². The highest BCUT2D eigenvalue weighted by Crippen LogP contribution is 2.32. The third kappa shape index (κ3) is 3.93. The number of halogens is 3. The van der Waals surface area contributed by atoms with Gasteiger partial charge < -0.3 is 15.5 Å². The molecule has 21 heavy (non-hydrogen) atoms. The molecule has 0 atom stereocenters. The van der Waals surface area contributed by atoms with Crippen LogP contribution in [0.3, 0.4) is 0 Å². The maximum absolute atomic E-state index is 12.5. The van der Waals surface area contributed by atoms with Crippen LogP contribution in [0.5, 0.6) is 0 Å². The Labute approximate surface area is 119 Å². The Morgan fingerprint density at radius 3 is 2.48 bits per heavy atom. The molecule has 1 aliphatic heterocycles. The van der Waals surface area contributed by atoms with Crippen molar-refractivity contribution in [3.63, 3.8) is 0 Å². The van der Waals surface area contributed by atoms with Crippen LogP contribution in [0.15, 0.2) is 18.2 Å². The molecule has 2 rings (SSSR count). The number of carbonyl (C=O) groups is 1. The van der Waals surface area contributed by atoms with E-state index in [0.717, 1.165) is 37.5 Å². The summed E-state index contributed by atoms with van der Waals surface area (Å²) >= 11 is 0. The van der Waals surface area contributed by atoms with Gasteiger partial charge in [0.2, 0.25) is 0 Å². The van der Waals surface area contributed by atoms with Gasteiger partial charge in [0, 0.05) is 13.1 Å². The van der Waals surface area contributed by atoms with Crippen molar-refractivity contribution < 1.29 is 22.8 Å². The number of nitrogens with two attached hydrogens (primary N) is 1. The molecule has 0 aliphatic carbocycles. The van der Waals surface area contributed by atoms with E-state index in [0.29, 0.717) is 13.1 Å². The fourth-order valence-corrected chi connectivity index (χ4v) is 2.07. The van der Waals surface area contributed by atoms with Gasteiger partial charge in [0.05, 0.1) is 16.9 Å². The van der Waals surface area contributed by atoms with Crippen molar-refractivity contribution in [1.82, 2.24) is 4.90 Å². The zero-order valence-electron chi connectivity index (χ0n) is 11.2. The standard InChI is InChI=1S/C13H16F3N3O2/c14-13(15,16)9-4-5-11(10(17)8-9)18-21-12(20)19-6-2-1-3-7-19/h4-5,8,18H,1-3,6-7,17H2. The highest BCUT2D eigenvalue weighted by atomic mass is 19.4. The first kappa shape index (κ1) is 15.3. The average Bonchev–Trinajstić information content (AvgIpc) is 2.45. The van der Waals surface area contributed by atoms with Crippen LogP contribution < -0.4 is 11.2 Å². The van der Waals surface area contributed by atoms with Crippen molar-refractivity contribution in [2.75, 3.05) is 24.3 Å². The maximum atomic E-state index is 12.5. The van der Waals surface area contributed by atoms with Crippen molar-refractivity contribution in [3.05, 3.63) is 23.8 Å². The molecule has 1 fully saturated rings. The highest BCUT2D eigenvalue weighted by molar-refractivity contribution is 5.72. The Bertz CT molecular complexity index is 514. The number of amides is 1. The van der Waals surface area contributed by atoms with E-state index >= 15 is 0 Å².